The van der Waals surface area contributed by atoms with E-state index in [9.17, 15) is 19.2 Å². The molecule has 1 saturated heterocycles. The van der Waals surface area contributed by atoms with E-state index in [1.165, 1.54) is 12.1 Å². The quantitative estimate of drug-likeness (QED) is 0.251. The molecule has 12 heteroatoms. The van der Waals surface area contributed by atoms with E-state index in [-0.39, 0.29) is 22.6 Å². The number of ether oxygens (including phenoxy) is 4. The Kier molecular flexibility index (Phi) is 8.11. The minimum atomic E-state index is -1.37. The number of benzene rings is 3. The minimum Gasteiger partial charge on any atom is -0.459 e. The Morgan fingerprint density at radius 3 is 1.76 bits per heavy atom. The van der Waals surface area contributed by atoms with Crippen molar-refractivity contribution in [1.82, 2.24) is 14.5 Å². The van der Waals surface area contributed by atoms with Crippen molar-refractivity contribution in [3.63, 3.8) is 0 Å². The van der Waals surface area contributed by atoms with E-state index in [1.54, 1.807) is 78.9 Å². The molecule has 0 radical (unpaired) electrons. The van der Waals surface area contributed by atoms with Crippen molar-refractivity contribution < 1.29 is 33.3 Å². The van der Waals surface area contributed by atoms with E-state index in [0.29, 0.717) is 0 Å². The lowest BCUT2D eigenvalue weighted by molar-refractivity contribution is -0.0643. The number of hydrogen-bond donors (Lipinski definition) is 1. The molecule has 41 heavy (non-hydrogen) atoms. The van der Waals surface area contributed by atoms with E-state index < -0.39 is 54.7 Å². The second-order valence-electron chi connectivity index (χ2n) is 8.91. The van der Waals surface area contributed by atoms with Crippen LogP contribution >= 0.6 is 0 Å². The molecule has 2 heterocycles. The fourth-order valence-corrected chi connectivity index (χ4v) is 4.21. The van der Waals surface area contributed by atoms with Crippen LogP contribution < -0.4 is 11.4 Å². The molecule has 2 N–H and O–H groups in total. The number of nitrogen functional groups attached to an aromatic ring is 1. The molecule has 5 rings (SSSR count). The predicted molar refractivity (Wildman–Crippen MR) is 143 cm³/mol. The minimum absolute atomic E-state index is 0.208. The molecular weight excluding hydrogens is 532 g/mol. The van der Waals surface area contributed by atoms with Crippen molar-refractivity contribution in [3.8, 4) is 0 Å². The summed E-state index contributed by atoms with van der Waals surface area (Å²) in [4.78, 5) is 59.2. The first-order valence-corrected chi connectivity index (χ1v) is 12.5. The van der Waals surface area contributed by atoms with E-state index in [2.05, 4.69) is 9.97 Å². The number of anilines is 1. The first kappa shape index (κ1) is 27.2. The molecule has 0 spiro atoms. The van der Waals surface area contributed by atoms with Crippen LogP contribution in [0, 0.1) is 0 Å². The number of nitrogens with two attached hydrogens (primary N) is 1. The predicted octanol–water partition coefficient (Wildman–Crippen LogP) is 2.43. The van der Waals surface area contributed by atoms with Gasteiger partial charge in [0, 0.05) is 0 Å². The summed E-state index contributed by atoms with van der Waals surface area (Å²) in [6, 6.07) is 24.5. The average molecular weight is 557 g/mol. The average Bonchev–Trinajstić information content (AvgIpc) is 3.33. The van der Waals surface area contributed by atoms with Gasteiger partial charge >= 0.3 is 23.6 Å². The maximum Gasteiger partial charge on any atom is 0.354 e. The van der Waals surface area contributed by atoms with Crippen LogP contribution in [0.3, 0.4) is 0 Å². The number of carbonyl (C=O) groups excluding carboxylic acids is 3. The summed E-state index contributed by atoms with van der Waals surface area (Å²) >= 11 is 0. The monoisotopic (exact) mass is 556 g/mol. The molecule has 4 aromatic rings. The van der Waals surface area contributed by atoms with Gasteiger partial charge in [-0.2, -0.15) is 4.98 Å². The van der Waals surface area contributed by atoms with Gasteiger partial charge in [0.05, 0.1) is 16.7 Å². The molecule has 208 valence electrons. The standard InChI is InChI=1S/C29H24N4O8/c30-28-31-17-33(29(37)32-28)24-23(41-27(36)20-14-8-3-9-15-20)22(40-26(35)19-12-6-2-7-13-19)21(39-24)16-38-25(34)18-10-4-1-5-11-18/h1-15,17,21-24H,16H2,(H2,30,32,37)/t21-,22-,23-,24-/m1/s1. The van der Waals surface area contributed by atoms with Crippen LogP contribution in [-0.4, -0.2) is 57.4 Å². The summed E-state index contributed by atoms with van der Waals surface area (Å²) in [5, 5.41) is 0. The van der Waals surface area contributed by atoms with Gasteiger partial charge in [-0.3, -0.25) is 4.57 Å². The fraction of sp³-hybridized carbons (Fsp3) is 0.172. The maximum absolute atomic E-state index is 13.1. The van der Waals surface area contributed by atoms with Crippen LogP contribution in [0.2, 0.25) is 0 Å². The van der Waals surface area contributed by atoms with Gasteiger partial charge < -0.3 is 24.7 Å². The van der Waals surface area contributed by atoms with Gasteiger partial charge in [0.2, 0.25) is 5.95 Å². The number of nitrogens with zero attached hydrogens (tertiary/aromatic N) is 3. The molecule has 0 aliphatic carbocycles. The van der Waals surface area contributed by atoms with Gasteiger partial charge in [-0.1, -0.05) is 54.6 Å². The van der Waals surface area contributed by atoms with Crippen LogP contribution in [-0.2, 0) is 18.9 Å². The lowest BCUT2D eigenvalue weighted by Crippen LogP contribution is -2.42. The smallest absolute Gasteiger partial charge is 0.354 e. The Morgan fingerprint density at radius 1 is 0.756 bits per heavy atom. The normalized spacial score (nSPS) is 19.7. The second-order valence-corrected chi connectivity index (χ2v) is 8.91. The van der Waals surface area contributed by atoms with Gasteiger partial charge in [0.15, 0.2) is 18.4 Å². The highest BCUT2D eigenvalue weighted by Crippen LogP contribution is 2.34. The molecule has 0 amide bonds. The summed E-state index contributed by atoms with van der Waals surface area (Å²) < 4.78 is 24.1. The first-order chi connectivity index (χ1) is 19.9. The number of hydrogen-bond acceptors (Lipinski definition) is 11. The fourth-order valence-electron chi connectivity index (χ4n) is 4.21. The lowest BCUT2D eigenvalue weighted by atomic mass is 10.1. The molecule has 1 aliphatic rings. The van der Waals surface area contributed by atoms with Crippen LogP contribution in [0.4, 0.5) is 5.95 Å². The summed E-state index contributed by atoms with van der Waals surface area (Å²) in [6.07, 6.45) is -4.12. The van der Waals surface area contributed by atoms with Crippen molar-refractivity contribution in [1.29, 1.82) is 0 Å². The highest BCUT2D eigenvalue weighted by molar-refractivity contribution is 5.91. The Balaban J connectivity index is 1.49. The van der Waals surface area contributed by atoms with Crippen molar-refractivity contribution in [2.45, 2.75) is 24.5 Å². The van der Waals surface area contributed by atoms with E-state index in [4.69, 9.17) is 24.7 Å². The van der Waals surface area contributed by atoms with Gasteiger partial charge in [-0.15, -0.1) is 0 Å². The van der Waals surface area contributed by atoms with Crippen molar-refractivity contribution in [3.05, 3.63) is 124 Å². The second kappa shape index (κ2) is 12.2. The highest BCUT2D eigenvalue weighted by Gasteiger charge is 2.51. The summed E-state index contributed by atoms with van der Waals surface area (Å²) in [7, 11) is 0. The molecule has 12 nitrogen and oxygen atoms in total. The number of rotatable bonds is 8. The number of aromatic nitrogens is 3. The molecule has 3 aromatic carbocycles. The van der Waals surface area contributed by atoms with Crippen molar-refractivity contribution in [2.75, 3.05) is 12.3 Å². The number of esters is 3. The Morgan fingerprint density at radius 2 is 1.24 bits per heavy atom. The zero-order valence-corrected chi connectivity index (χ0v) is 21.4. The Bertz CT molecular complexity index is 1580. The zero-order valence-electron chi connectivity index (χ0n) is 21.4. The molecule has 1 fully saturated rings. The first-order valence-electron chi connectivity index (χ1n) is 12.5. The van der Waals surface area contributed by atoms with Gasteiger partial charge in [-0.05, 0) is 36.4 Å². The van der Waals surface area contributed by atoms with Crippen LogP contribution in [0.5, 0.6) is 0 Å². The van der Waals surface area contributed by atoms with Crippen molar-refractivity contribution >= 4 is 23.9 Å². The maximum atomic E-state index is 13.1. The SMILES string of the molecule is Nc1ncn([C@@H]2O[C@H](COC(=O)c3ccccc3)[C@@H](OC(=O)c3ccccc3)[C@H]2OC(=O)c2ccccc2)c(=O)n1. The lowest BCUT2D eigenvalue weighted by Gasteiger charge is -2.24. The van der Waals surface area contributed by atoms with Crippen LogP contribution in [0.15, 0.2) is 102 Å². The van der Waals surface area contributed by atoms with E-state index >= 15 is 0 Å². The molecule has 1 aliphatic heterocycles. The molecular formula is C29H24N4O8. The highest BCUT2D eigenvalue weighted by atomic mass is 16.7. The Hall–Kier alpha value is -5.36. The largest absolute Gasteiger partial charge is 0.459 e. The van der Waals surface area contributed by atoms with E-state index in [1.807, 2.05) is 0 Å². The van der Waals surface area contributed by atoms with Crippen LogP contribution in [0.25, 0.3) is 0 Å². The molecule has 4 atom stereocenters. The third-order valence-corrected chi connectivity index (χ3v) is 6.20. The molecule has 1 aromatic heterocycles. The third-order valence-electron chi connectivity index (χ3n) is 6.20. The van der Waals surface area contributed by atoms with E-state index in [0.717, 1.165) is 10.9 Å². The van der Waals surface area contributed by atoms with Crippen molar-refractivity contribution in [2.24, 2.45) is 0 Å². The molecule has 0 saturated carbocycles. The van der Waals surface area contributed by atoms with Gasteiger partial charge in [-0.25, -0.2) is 24.2 Å². The molecule has 0 unspecified atom stereocenters. The molecule has 0 bridgehead atoms. The van der Waals surface area contributed by atoms with Gasteiger partial charge in [0.25, 0.3) is 0 Å². The Labute approximate surface area is 233 Å². The topological polar surface area (TPSA) is 162 Å². The third kappa shape index (κ3) is 6.28. The summed E-state index contributed by atoms with van der Waals surface area (Å²) in [5.74, 6) is -2.45. The summed E-state index contributed by atoms with van der Waals surface area (Å²) in [5.41, 5.74) is 5.42. The zero-order chi connectivity index (χ0) is 28.8. The number of carbonyl (C=O) groups is 3. The van der Waals surface area contributed by atoms with Gasteiger partial charge in [0.1, 0.15) is 19.0 Å². The van der Waals surface area contributed by atoms with Crippen LogP contribution in [0.1, 0.15) is 37.3 Å². The summed E-state index contributed by atoms with van der Waals surface area (Å²) in [6.45, 7) is -0.402.